The predicted octanol–water partition coefficient (Wildman–Crippen LogP) is 1.51. The molecular weight excluding hydrogens is 392 g/mol. The van der Waals surface area contributed by atoms with E-state index in [2.05, 4.69) is 37.9 Å². The van der Waals surface area contributed by atoms with Gasteiger partial charge in [-0.3, -0.25) is 30.0 Å². The second kappa shape index (κ2) is 9.76. The number of amides is 2. The van der Waals surface area contributed by atoms with E-state index in [9.17, 15) is 9.59 Å². The first-order chi connectivity index (χ1) is 13.9. The van der Waals surface area contributed by atoms with E-state index in [0.717, 1.165) is 31.9 Å². The van der Waals surface area contributed by atoms with Gasteiger partial charge in [0.1, 0.15) is 6.54 Å². The first-order valence-corrected chi connectivity index (χ1v) is 10.1. The molecule has 1 aromatic carbocycles. The number of hydrogen-bond acceptors (Lipinski definition) is 5. The fraction of sp³-hybridized carbons (Fsp3) is 0.450. The van der Waals surface area contributed by atoms with Crippen molar-refractivity contribution in [1.29, 1.82) is 0 Å². The van der Waals surface area contributed by atoms with E-state index in [1.54, 1.807) is 13.8 Å². The van der Waals surface area contributed by atoms with Gasteiger partial charge in [-0.1, -0.05) is 29.8 Å². The SMILES string of the molecule is Cc1nn(CC(=O)NNC(=O)CCN2CCN(c3ccccc3)CC2)c(C)c1Cl. The van der Waals surface area contributed by atoms with Gasteiger partial charge in [-0.25, -0.2) is 0 Å². The van der Waals surface area contributed by atoms with E-state index in [0.29, 0.717) is 23.7 Å². The summed E-state index contributed by atoms with van der Waals surface area (Å²) in [6.07, 6.45) is 0.331. The molecule has 2 amide bonds. The number of anilines is 1. The molecule has 0 radical (unpaired) electrons. The molecule has 1 fully saturated rings. The molecule has 0 bridgehead atoms. The minimum atomic E-state index is -0.350. The molecule has 0 spiro atoms. The highest BCUT2D eigenvalue weighted by Gasteiger charge is 2.18. The predicted molar refractivity (Wildman–Crippen MR) is 113 cm³/mol. The standard InChI is InChI=1S/C20H27ClN6O2/c1-15-20(21)16(2)27(24-15)14-19(29)23-22-18(28)8-9-25-10-12-26(13-11-25)17-6-4-3-5-7-17/h3-7H,8-14H2,1-2H3,(H,22,28)(H,23,29). The van der Waals surface area contributed by atoms with E-state index in [-0.39, 0.29) is 18.4 Å². The molecule has 1 aliphatic rings. The molecule has 2 N–H and O–H groups in total. The van der Waals surface area contributed by atoms with Gasteiger partial charge in [0.25, 0.3) is 5.91 Å². The first-order valence-electron chi connectivity index (χ1n) is 9.73. The van der Waals surface area contributed by atoms with Crippen molar-refractivity contribution in [2.24, 2.45) is 0 Å². The summed E-state index contributed by atoms with van der Waals surface area (Å²) in [6.45, 7) is 7.94. The van der Waals surface area contributed by atoms with Crippen molar-refractivity contribution < 1.29 is 9.59 Å². The van der Waals surface area contributed by atoms with Crippen molar-refractivity contribution in [3.8, 4) is 0 Å². The minimum absolute atomic E-state index is 0.00111. The Hall–Kier alpha value is -2.58. The number of aryl methyl sites for hydroxylation is 1. The lowest BCUT2D eigenvalue weighted by Crippen LogP contribution is -2.48. The maximum Gasteiger partial charge on any atom is 0.260 e. The summed E-state index contributed by atoms with van der Waals surface area (Å²) in [5.41, 5.74) is 7.53. The number of nitrogens with zero attached hydrogens (tertiary/aromatic N) is 4. The summed E-state index contributed by atoms with van der Waals surface area (Å²) in [5.74, 6) is -0.563. The normalized spacial score (nSPS) is 14.7. The Morgan fingerprint density at radius 2 is 1.69 bits per heavy atom. The third-order valence-corrected chi connectivity index (χ3v) is 5.62. The Morgan fingerprint density at radius 3 is 2.31 bits per heavy atom. The van der Waals surface area contributed by atoms with Crippen LogP contribution in [0, 0.1) is 13.8 Å². The number of carbonyl (C=O) groups is 2. The van der Waals surface area contributed by atoms with Crippen LogP contribution in [-0.4, -0.2) is 59.2 Å². The van der Waals surface area contributed by atoms with Crippen LogP contribution >= 0.6 is 11.6 Å². The molecule has 0 saturated carbocycles. The number of halogens is 1. The van der Waals surface area contributed by atoms with Crippen molar-refractivity contribution in [2.45, 2.75) is 26.8 Å². The van der Waals surface area contributed by atoms with Crippen LogP contribution in [0.2, 0.25) is 5.02 Å². The van der Waals surface area contributed by atoms with Gasteiger partial charge in [0, 0.05) is 44.8 Å². The second-order valence-corrected chi connectivity index (χ2v) is 7.53. The summed E-state index contributed by atoms with van der Waals surface area (Å²) in [4.78, 5) is 28.7. The monoisotopic (exact) mass is 418 g/mol. The molecule has 0 aliphatic carbocycles. The molecule has 0 unspecified atom stereocenters. The number of aromatic nitrogens is 2. The number of para-hydroxylation sites is 1. The van der Waals surface area contributed by atoms with E-state index in [1.165, 1.54) is 10.4 Å². The summed E-state index contributed by atoms with van der Waals surface area (Å²) < 4.78 is 1.52. The maximum absolute atomic E-state index is 12.0. The molecule has 29 heavy (non-hydrogen) atoms. The first kappa shape index (κ1) is 21.1. The summed E-state index contributed by atoms with van der Waals surface area (Å²) >= 11 is 6.08. The largest absolute Gasteiger partial charge is 0.369 e. The Labute approximate surface area is 175 Å². The zero-order chi connectivity index (χ0) is 20.8. The van der Waals surface area contributed by atoms with Crippen LogP contribution in [0.25, 0.3) is 0 Å². The highest BCUT2D eigenvalue weighted by molar-refractivity contribution is 6.31. The average molecular weight is 419 g/mol. The average Bonchev–Trinajstić information content (AvgIpc) is 2.98. The van der Waals surface area contributed by atoms with Gasteiger partial charge in [-0.2, -0.15) is 5.10 Å². The number of hydrazine groups is 1. The van der Waals surface area contributed by atoms with Crippen LogP contribution in [0.5, 0.6) is 0 Å². The summed E-state index contributed by atoms with van der Waals surface area (Å²) in [5, 5.41) is 4.75. The van der Waals surface area contributed by atoms with E-state index in [4.69, 9.17) is 11.6 Å². The molecular formula is C20H27ClN6O2. The number of carbonyl (C=O) groups excluding carboxylic acids is 2. The topological polar surface area (TPSA) is 82.5 Å². The van der Waals surface area contributed by atoms with Gasteiger partial charge in [0.05, 0.1) is 16.4 Å². The van der Waals surface area contributed by atoms with Crippen molar-refractivity contribution in [3.63, 3.8) is 0 Å². The Kier molecular flexibility index (Phi) is 7.11. The fourth-order valence-electron chi connectivity index (χ4n) is 3.33. The molecule has 9 heteroatoms. The molecule has 3 rings (SSSR count). The van der Waals surface area contributed by atoms with Gasteiger partial charge in [0.15, 0.2) is 0 Å². The molecule has 1 aromatic heterocycles. The van der Waals surface area contributed by atoms with Gasteiger partial charge in [-0.15, -0.1) is 0 Å². The maximum atomic E-state index is 12.0. The van der Waals surface area contributed by atoms with Crippen LogP contribution in [-0.2, 0) is 16.1 Å². The van der Waals surface area contributed by atoms with Crippen LogP contribution in [0.15, 0.2) is 30.3 Å². The minimum Gasteiger partial charge on any atom is -0.369 e. The lowest BCUT2D eigenvalue weighted by Gasteiger charge is -2.36. The zero-order valence-electron chi connectivity index (χ0n) is 16.8. The van der Waals surface area contributed by atoms with Crippen molar-refractivity contribution in [1.82, 2.24) is 25.5 Å². The molecule has 1 saturated heterocycles. The van der Waals surface area contributed by atoms with Gasteiger partial charge >= 0.3 is 0 Å². The van der Waals surface area contributed by atoms with Crippen LogP contribution in [0.1, 0.15) is 17.8 Å². The van der Waals surface area contributed by atoms with Gasteiger partial charge in [0.2, 0.25) is 5.91 Å². The number of rotatable bonds is 6. The third kappa shape index (κ3) is 5.71. The molecule has 2 heterocycles. The highest BCUT2D eigenvalue weighted by Crippen LogP contribution is 2.18. The highest BCUT2D eigenvalue weighted by atomic mass is 35.5. The Balaban J connectivity index is 1.34. The molecule has 0 atom stereocenters. The number of hydrogen-bond donors (Lipinski definition) is 2. The van der Waals surface area contributed by atoms with E-state index < -0.39 is 0 Å². The van der Waals surface area contributed by atoms with Crippen molar-refractivity contribution in [2.75, 3.05) is 37.6 Å². The molecule has 2 aromatic rings. The second-order valence-electron chi connectivity index (χ2n) is 7.15. The smallest absolute Gasteiger partial charge is 0.260 e. The Morgan fingerprint density at radius 1 is 1.03 bits per heavy atom. The third-order valence-electron chi connectivity index (χ3n) is 5.08. The van der Waals surface area contributed by atoms with Gasteiger partial charge < -0.3 is 4.90 Å². The molecule has 8 nitrogen and oxygen atoms in total. The number of benzene rings is 1. The van der Waals surface area contributed by atoms with Crippen LogP contribution in [0.4, 0.5) is 5.69 Å². The van der Waals surface area contributed by atoms with Gasteiger partial charge in [-0.05, 0) is 26.0 Å². The number of piperazine rings is 1. The summed E-state index contributed by atoms with van der Waals surface area (Å²) in [7, 11) is 0. The lowest BCUT2D eigenvalue weighted by molar-refractivity contribution is -0.129. The molecule has 156 valence electrons. The summed E-state index contributed by atoms with van der Waals surface area (Å²) in [6, 6.07) is 10.3. The molecule has 1 aliphatic heterocycles. The van der Waals surface area contributed by atoms with Crippen molar-refractivity contribution >= 4 is 29.1 Å². The van der Waals surface area contributed by atoms with E-state index in [1.807, 2.05) is 18.2 Å². The quantitative estimate of drug-likeness (QED) is 0.695. The van der Waals surface area contributed by atoms with E-state index >= 15 is 0 Å². The van der Waals surface area contributed by atoms with Crippen LogP contribution < -0.4 is 15.8 Å². The lowest BCUT2D eigenvalue weighted by atomic mass is 10.2. The Bertz CT molecular complexity index is 846. The van der Waals surface area contributed by atoms with Crippen molar-refractivity contribution in [3.05, 3.63) is 46.7 Å². The zero-order valence-corrected chi connectivity index (χ0v) is 17.6. The fourth-order valence-corrected chi connectivity index (χ4v) is 3.47. The number of nitrogens with one attached hydrogen (secondary N) is 2. The van der Waals surface area contributed by atoms with Crippen LogP contribution in [0.3, 0.4) is 0 Å².